The predicted molar refractivity (Wildman–Crippen MR) is 75.6 cm³/mol. The maximum atomic E-state index is 13.0. The maximum Gasteiger partial charge on any atom is 0.219 e. The number of aromatic hydroxyl groups is 1. The van der Waals surface area contributed by atoms with E-state index in [2.05, 4.69) is 9.97 Å². The quantitative estimate of drug-likeness (QED) is 0.745. The molecule has 0 spiro atoms. The van der Waals surface area contributed by atoms with Gasteiger partial charge >= 0.3 is 0 Å². The molecule has 0 unspecified atom stereocenters. The van der Waals surface area contributed by atoms with E-state index in [4.69, 9.17) is 4.74 Å². The van der Waals surface area contributed by atoms with Crippen LogP contribution in [0.4, 0.5) is 8.78 Å². The Morgan fingerprint density at radius 3 is 2.59 bits per heavy atom. The standard InChI is InChI=1S/C16H10F2N2O2/c17-12-6-5-11(8-14(12)21)22-16-3-1-2-13(20-16)10-4-7-15(18)19-9-10/h1-9,21H. The van der Waals surface area contributed by atoms with Crippen LogP contribution in [-0.2, 0) is 0 Å². The molecule has 6 heteroatoms. The molecule has 0 aliphatic rings. The molecule has 3 aromatic rings. The number of phenols is 1. The molecular weight excluding hydrogens is 290 g/mol. The molecule has 0 amide bonds. The van der Waals surface area contributed by atoms with Crippen LogP contribution in [-0.4, -0.2) is 15.1 Å². The van der Waals surface area contributed by atoms with Crippen molar-refractivity contribution >= 4 is 0 Å². The molecule has 2 aromatic heterocycles. The topological polar surface area (TPSA) is 55.2 Å². The number of phenolic OH excluding ortho intramolecular Hbond substituents is 1. The van der Waals surface area contributed by atoms with E-state index in [0.717, 1.165) is 12.1 Å². The largest absolute Gasteiger partial charge is 0.505 e. The highest BCUT2D eigenvalue weighted by atomic mass is 19.1. The molecule has 22 heavy (non-hydrogen) atoms. The van der Waals surface area contributed by atoms with Crippen LogP contribution in [0.25, 0.3) is 11.3 Å². The van der Waals surface area contributed by atoms with Gasteiger partial charge in [-0.2, -0.15) is 4.39 Å². The second-order valence-corrected chi connectivity index (χ2v) is 4.45. The Labute approximate surface area is 124 Å². The molecule has 0 fully saturated rings. The fourth-order valence-electron chi connectivity index (χ4n) is 1.84. The summed E-state index contributed by atoms with van der Waals surface area (Å²) in [7, 11) is 0. The number of halogens is 2. The molecule has 4 nitrogen and oxygen atoms in total. The number of ether oxygens (including phenoxy) is 1. The van der Waals surface area contributed by atoms with E-state index < -0.39 is 17.5 Å². The van der Waals surface area contributed by atoms with Gasteiger partial charge in [-0.15, -0.1) is 0 Å². The molecule has 2 heterocycles. The van der Waals surface area contributed by atoms with Gasteiger partial charge in [-0.25, -0.2) is 14.4 Å². The summed E-state index contributed by atoms with van der Waals surface area (Å²) in [5.74, 6) is -1.30. The van der Waals surface area contributed by atoms with E-state index in [1.54, 1.807) is 24.3 Å². The van der Waals surface area contributed by atoms with Gasteiger partial charge in [0.15, 0.2) is 11.6 Å². The summed E-state index contributed by atoms with van der Waals surface area (Å²) in [5.41, 5.74) is 1.19. The zero-order chi connectivity index (χ0) is 15.5. The van der Waals surface area contributed by atoms with Crippen molar-refractivity contribution in [3.63, 3.8) is 0 Å². The lowest BCUT2D eigenvalue weighted by Crippen LogP contribution is -1.91. The Morgan fingerprint density at radius 1 is 1.00 bits per heavy atom. The smallest absolute Gasteiger partial charge is 0.219 e. The Kier molecular flexibility index (Phi) is 3.65. The minimum Gasteiger partial charge on any atom is -0.505 e. The Morgan fingerprint density at radius 2 is 1.86 bits per heavy atom. The summed E-state index contributed by atoms with van der Waals surface area (Å²) in [6.45, 7) is 0. The number of hydrogen-bond donors (Lipinski definition) is 1. The predicted octanol–water partition coefficient (Wildman–Crippen LogP) is 3.92. The van der Waals surface area contributed by atoms with Crippen LogP contribution in [0, 0.1) is 11.8 Å². The summed E-state index contributed by atoms with van der Waals surface area (Å²) >= 11 is 0. The molecule has 0 atom stereocenters. The zero-order valence-corrected chi connectivity index (χ0v) is 11.2. The normalized spacial score (nSPS) is 10.5. The number of benzene rings is 1. The lowest BCUT2D eigenvalue weighted by atomic mass is 10.2. The van der Waals surface area contributed by atoms with Gasteiger partial charge in [0.1, 0.15) is 5.75 Å². The second kappa shape index (κ2) is 5.77. The first-order valence-electron chi connectivity index (χ1n) is 6.37. The van der Waals surface area contributed by atoms with Gasteiger partial charge in [-0.3, -0.25) is 0 Å². The van der Waals surface area contributed by atoms with E-state index in [1.165, 1.54) is 18.3 Å². The molecule has 0 radical (unpaired) electrons. The van der Waals surface area contributed by atoms with Crippen molar-refractivity contribution in [1.29, 1.82) is 0 Å². The lowest BCUT2D eigenvalue weighted by molar-refractivity contribution is 0.418. The van der Waals surface area contributed by atoms with E-state index in [9.17, 15) is 13.9 Å². The molecule has 0 saturated heterocycles. The lowest BCUT2D eigenvalue weighted by Gasteiger charge is -2.07. The van der Waals surface area contributed by atoms with Crippen LogP contribution in [0.3, 0.4) is 0 Å². The minimum atomic E-state index is -0.730. The van der Waals surface area contributed by atoms with Crippen LogP contribution in [0.15, 0.2) is 54.7 Å². The van der Waals surface area contributed by atoms with E-state index in [-0.39, 0.29) is 11.6 Å². The van der Waals surface area contributed by atoms with E-state index in [0.29, 0.717) is 11.3 Å². The van der Waals surface area contributed by atoms with Crippen molar-refractivity contribution in [2.75, 3.05) is 0 Å². The van der Waals surface area contributed by atoms with Crippen LogP contribution in [0.5, 0.6) is 17.4 Å². The summed E-state index contributed by atoms with van der Waals surface area (Å²) in [6, 6.07) is 11.5. The fourth-order valence-corrected chi connectivity index (χ4v) is 1.84. The Balaban J connectivity index is 1.87. The van der Waals surface area contributed by atoms with Crippen molar-refractivity contribution in [2.45, 2.75) is 0 Å². The first-order chi connectivity index (χ1) is 10.6. The van der Waals surface area contributed by atoms with Crippen molar-refractivity contribution in [3.8, 4) is 28.6 Å². The molecule has 1 aromatic carbocycles. The van der Waals surface area contributed by atoms with E-state index in [1.807, 2.05) is 0 Å². The Hall–Kier alpha value is -3.02. The summed E-state index contributed by atoms with van der Waals surface area (Å²) in [5, 5.41) is 9.32. The number of aromatic nitrogens is 2. The number of nitrogens with zero attached hydrogens (tertiary/aromatic N) is 2. The van der Waals surface area contributed by atoms with Gasteiger partial charge in [0.2, 0.25) is 11.8 Å². The molecule has 0 aliphatic heterocycles. The van der Waals surface area contributed by atoms with Crippen LogP contribution < -0.4 is 4.74 Å². The third kappa shape index (κ3) is 3.01. The highest BCUT2D eigenvalue weighted by Gasteiger charge is 2.06. The molecule has 0 bridgehead atoms. The van der Waals surface area contributed by atoms with Crippen molar-refractivity contribution < 1.29 is 18.6 Å². The van der Waals surface area contributed by atoms with Gasteiger partial charge < -0.3 is 9.84 Å². The first kappa shape index (κ1) is 13.9. The second-order valence-electron chi connectivity index (χ2n) is 4.45. The summed E-state index contributed by atoms with van der Waals surface area (Å²) in [6.07, 6.45) is 1.37. The third-order valence-corrected chi connectivity index (χ3v) is 2.89. The minimum absolute atomic E-state index is 0.251. The molecule has 110 valence electrons. The molecule has 0 saturated carbocycles. The monoisotopic (exact) mass is 300 g/mol. The third-order valence-electron chi connectivity index (χ3n) is 2.89. The average Bonchev–Trinajstić information content (AvgIpc) is 2.52. The van der Waals surface area contributed by atoms with Gasteiger partial charge in [0.25, 0.3) is 0 Å². The fraction of sp³-hybridized carbons (Fsp3) is 0. The number of hydrogen-bond acceptors (Lipinski definition) is 4. The Bertz CT molecular complexity index is 807. The first-order valence-corrected chi connectivity index (χ1v) is 6.37. The SMILES string of the molecule is Oc1cc(Oc2cccc(-c3ccc(F)nc3)n2)ccc1F. The molecule has 3 rings (SSSR count). The molecular formula is C16H10F2N2O2. The maximum absolute atomic E-state index is 13.0. The molecule has 1 N–H and O–H groups in total. The van der Waals surface area contributed by atoms with Crippen molar-refractivity contribution in [3.05, 3.63) is 66.5 Å². The zero-order valence-electron chi connectivity index (χ0n) is 11.2. The van der Waals surface area contributed by atoms with Crippen LogP contribution in [0.1, 0.15) is 0 Å². The number of pyridine rings is 2. The highest BCUT2D eigenvalue weighted by Crippen LogP contribution is 2.27. The number of rotatable bonds is 3. The summed E-state index contributed by atoms with van der Waals surface area (Å²) < 4.78 is 31.3. The van der Waals surface area contributed by atoms with Crippen LogP contribution in [0.2, 0.25) is 0 Å². The summed E-state index contributed by atoms with van der Waals surface area (Å²) in [4.78, 5) is 7.83. The van der Waals surface area contributed by atoms with Gasteiger partial charge in [0, 0.05) is 23.9 Å². The van der Waals surface area contributed by atoms with Gasteiger partial charge in [-0.05, 0) is 30.3 Å². The van der Waals surface area contributed by atoms with Crippen molar-refractivity contribution in [2.24, 2.45) is 0 Å². The van der Waals surface area contributed by atoms with Gasteiger partial charge in [-0.1, -0.05) is 6.07 Å². The van der Waals surface area contributed by atoms with Crippen LogP contribution >= 0.6 is 0 Å². The highest BCUT2D eigenvalue weighted by molar-refractivity contribution is 5.58. The average molecular weight is 300 g/mol. The van der Waals surface area contributed by atoms with Gasteiger partial charge in [0.05, 0.1) is 5.69 Å². The van der Waals surface area contributed by atoms with Crippen molar-refractivity contribution in [1.82, 2.24) is 9.97 Å². The van der Waals surface area contributed by atoms with E-state index >= 15 is 0 Å². The molecule has 0 aliphatic carbocycles.